The maximum absolute atomic E-state index is 10.5. The van der Waals surface area contributed by atoms with Crippen LogP contribution in [0.4, 0.5) is 0 Å². The zero-order valence-electron chi connectivity index (χ0n) is 8.20. The third kappa shape index (κ3) is 4.84. The van der Waals surface area contributed by atoms with Crippen LogP contribution < -0.4 is 5.32 Å². The van der Waals surface area contributed by atoms with Crippen LogP contribution in [-0.4, -0.2) is 63.6 Å². The van der Waals surface area contributed by atoms with Crippen molar-refractivity contribution in [3.05, 3.63) is 0 Å². The van der Waals surface area contributed by atoms with Crippen molar-refractivity contribution in [1.82, 2.24) is 5.32 Å². The van der Waals surface area contributed by atoms with Crippen molar-refractivity contribution in [2.24, 2.45) is 0 Å². The molecule has 7 nitrogen and oxygen atoms in total. The molecule has 15 heavy (non-hydrogen) atoms. The van der Waals surface area contributed by atoms with Crippen LogP contribution in [0.1, 0.15) is 6.92 Å². The molecule has 0 spiro atoms. The molecule has 0 rings (SSSR count). The number of carbonyl (C=O) groups is 2. The molecule has 0 aliphatic rings. The Morgan fingerprint density at radius 2 is 1.80 bits per heavy atom. The molecule has 1 amide bonds. The first-order valence-electron chi connectivity index (χ1n) is 4.32. The highest BCUT2D eigenvalue weighted by molar-refractivity contribution is 5.72. The molecule has 0 saturated carbocycles. The van der Waals surface area contributed by atoms with Gasteiger partial charge in [0.2, 0.25) is 5.91 Å². The zero-order valence-corrected chi connectivity index (χ0v) is 8.20. The van der Waals surface area contributed by atoms with Crippen LogP contribution in [-0.2, 0) is 9.59 Å². The minimum Gasteiger partial charge on any atom is -0.388 e. The number of aliphatic hydroxyl groups excluding tert-OH is 4. The highest BCUT2D eigenvalue weighted by Gasteiger charge is 2.29. The summed E-state index contributed by atoms with van der Waals surface area (Å²) >= 11 is 0. The molecule has 4 atom stereocenters. The summed E-state index contributed by atoms with van der Waals surface area (Å²) in [7, 11) is 0. The Morgan fingerprint density at radius 3 is 2.20 bits per heavy atom. The van der Waals surface area contributed by atoms with Crippen LogP contribution >= 0.6 is 0 Å². The maximum atomic E-state index is 10.5. The van der Waals surface area contributed by atoms with E-state index in [2.05, 4.69) is 5.32 Å². The lowest BCUT2D eigenvalue weighted by atomic mass is 10.0. The van der Waals surface area contributed by atoms with Gasteiger partial charge in [0.05, 0.1) is 6.10 Å². The summed E-state index contributed by atoms with van der Waals surface area (Å²) in [6.45, 7) is 0.939. The fourth-order valence-electron chi connectivity index (χ4n) is 0.879. The summed E-state index contributed by atoms with van der Waals surface area (Å²) in [4.78, 5) is 20.5. The largest absolute Gasteiger partial charge is 0.388 e. The third-order valence-corrected chi connectivity index (χ3v) is 1.79. The molecule has 0 aromatic rings. The minimum absolute atomic E-state index is 0.0407. The summed E-state index contributed by atoms with van der Waals surface area (Å²) in [5, 5.41) is 38.6. The minimum atomic E-state index is -1.79. The van der Waals surface area contributed by atoms with E-state index in [4.69, 9.17) is 10.2 Å². The first kappa shape index (κ1) is 14.0. The molecular formula is C8H15NO6. The van der Waals surface area contributed by atoms with Gasteiger partial charge in [0.1, 0.15) is 18.3 Å². The molecule has 0 heterocycles. The van der Waals surface area contributed by atoms with Crippen molar-refractivity contribution in [1.29, 1.82) is 0 Å². The van der Waals surface area contributed by atoms with Crippen LogP contribution in [0.25, 0.3) is 0 Å². The van der Waals surface area contributed by atoms with Gasteiger partial charge in [0, 0.05) is 13.5 Å². The fraction of sp³-hybridized carbons (Fsp3) is 0.750. The maximum Gasteiger partial charge on any atom is 0.216 e. The van der Waals surface area contributed by atoms with Gasteiger partial charge in [-0.25, -0.2) is 0 Å². The number of carbonyl (C=O) groups excluding carboxylic acids is 2. The van der Waals surface area contributed by atoms with Crippen LogP contribution in [0.2, 0.25) is 0 Å². The van der Waals surface area contributed by atoms with Gasteiger partial charge < -0.3 is 30.5 Å². The highest BCUT2D eigenvalue weighted by atomic mass is 16.4. The molecule has 5 N–H and O–H groups in total. The van der Waals surface area contributed by atoms with Crippen molar-refractivity contribution in [3.63, 3.8) is 0 Å². The van der Waals surface area contributed by atoms with E-state index in [9.17, 15) is 19.8 Å². The van der Waals surface area contributed by atoms with Gasteiger partial charge in [-0.3, -0.25) is 4.79 Å². The van der Waals surface area contributed by atoms with Crippen molar-refractivity contribution in [2.75, 3.05) is 6.54 Å². The molecular weight excluding hydrogens is 206 g/mol. The predicted molar refractivity (Wildman–Crippen MR) is 48.8 cm³/mol. The van der Waals surface area contributed by atoms with E-state index in [1.165, 1.54) is 6.92 Å². The lowest BCUT2D eigenvalue weighted by Crippen LogP contribution is -2.48. The number of rotatable bonds is 6. The van der Waals surface area contributed by atoms with E-state index >= 15 is 0 Å². The number of nitrogens with one attached hydrogen (secondary N) is 1. The number of hydrogen-bond acceptors (Lipinski definition) is 6. The second-order valence-corrected chi connectivity index (χ2v) is 3.11. The predicted octanol–water partition coefficient (Wildman–Crippen LogP) is -3.24. The van der Waals surface area contributed by atoms with Gasteiger partial charge >= 0.3 is 0 Å². The average Bonchev–Trinajstić information content (AvgIpc) is 2.22. The molecule has 0 saturated heterocycles. The number of aliphatic hydroxyl groups is 4. The first-order chi connectivity index (χ1) is 6.90. The standard InChI is InChI=1S/C8H15NO6/c1-4(11)9-2-5(12)7(14)8(15)6(13)3-10/h3,5-8,12-15H,2H2,1H3,(H,9,11)/t5-,6+,7+,8-/m0/s1. The normalized spacial score (nSPS) is 18.7. The molecule has 0 aliphatic carbocycles. The quantitative estimate of drug-likeness (QED) is 0.300. The van der Waals surface area contributed by atoms with E-state index in [1.54, 1.807) is 0 Å². The Hall–Kier alpha value is -1.02. The molecule has 0 bridgehead atoms. The number of amides is 1. The monoisotopic (exact) mass is 221 g/mol. The van der Waals surface area contributed by atoms with Crippen molar-refractivity contribution >= 4 is 12.2 Å². The van der Waals surface area contributed by atoms with Crippen LogP contribution in [0.15, 0.2) is 0 Å². The highest BCUT2D eigenvalue weighted by Crippen LogP contribution is 2.03. The van der Waals surface area contributed by atoms with Gasteiger partial charge in [-0.1, -0.05) is 0 Å². The molecule has 88 valence electrons. The van der Waals surface area contributed by atoms with Gasteiger partial charge in [0.15, 0.2) is 6.29 Å². The fourth-order valence-corrected chi connectivity index (χ4v) is 0.879. The van der Waals surface area contributed by atoms with Gasteiger partial charge in [-0.15, -0.1) is 0 Å². The Labute approximate surface area is 86.3 Å². The average molecular weight is 221 g/mol. The van der Waals surface area contributed by atoms with Crippen LogP contribution in [0, 0.1) is 0 Å². The Bertz CT molecular complexity index is 221. The molecule has 0 aliphatic heterocycles. The van der Waals surface area contributed by atoms with E-state index in [0.717, 1.165) is 0 Å². The third-order valence-electron chi connectivity index (χ3n) is 1.79. The molecule has 0 fully saturated rings. The van der Waals surface area contributed by atoms with E-state index < -0.39 is 30.3 Å². The number of aldehydes is 1. The van der Waals surface area contributed by atoms with Gasteiger partial charge in [0.25, 0.3) is 0 Å². The second kappa shape index (κ2) is 6.46. The van der Waals surface area contributed by atoms with Crippen molar-refractivity contribution in [2.45, 2.75) is 31.3 Å². The topological polar surface area (TPSA) is 127 Å². The van der Waals surface area contributed by atoms with E-state index in [-0.39, 0.29) is 12.8 Å². The van der Waals surface area contributed by atoms with E-state index in [0.29, 0.717) is 0 Å². The van der Waals surface area contributed by atoms with Gasteiger partial charge in [-0.05, 0) is 0 Å². The second-order valence-electron chi connectivity index (χ2n) is 3.11. The lowest BCUT2D eigenvalue weighted by molar-refractivity contribution is -0.134. The summed E-state index contributed by atoms with van der Waals surface area (Å²) in [6, 6.07) is 0. The smallest absolute Gasteiger partial charge is 0.216 e. The first-order valence-corrected chi connectivity index (χ1v) is 4.32. The summed E-state index contributed by atoms with van der Waals surface area (Å²) < 4.78 is 0. The lowest BCUT2D eigenvalue weighted by Gasteiger charge is -2.24. The summed E-state index contributed by atoms with van der Waals surface area (Å²) in [5.41, 5.74) is 0. The van der Waals surface area contributed by atoms with Gasteiger partial charge in [-0.2, -0.15) is 0 Å². The zero-order chi connectivity index (χ0) is 12.0. The van der Waals surface area contributed by atoms with Crippen molar-refractivity contribution < 1.29 is 30.0 Å². The number of hydrogen-bond donors (Lipinski definition) is 5. The SMILES string of the molecule is CC(=O)NC[C@H](O)[C@@H](O)[C@@H](O)[C@H](O)C=O. The van der Waals surface area contributed by atoms with Crippen LogP contribution in [0.5, 0.6) is 0 Å². The molecule has 0 unspecified atom stereocenters. The summed E-state index contributed by atoms with van der Waals surface area (Å²) in [6.07, 6.45) is -6.69. The Morgan fingerprint density at radius 1 is 1.27 bits per heavy atom. The molecule has 0 aromatic carbocycles. The molecule has 0 radical (unpaired) electrons. The van der Waals surface area contributed by atoms with Crippen LogP contribution in [0.3, 0.4) is 0 Å². The van der Waals surface area contributed by atoms with Crippen molar-refractivity contribution in [3.8, 4) is 0 Å². The summed E-state index contributed by atoms with van der Waals surface area (Å²) in [5.74, 6) is -0.410. The van der Waals surface area contributed by atoms with E-state index in [1.807, 2.05) is 0 Å². The Kier molecular flexibility index (Phi) is 6.02. The molecule has 0 aromatic heterocycles. The Balaban J connectivity index is 4.11. The molecule has 7 heteroatoms.